The highest BCUT2D eigenvalue weighted by Crippen LogP contribution is 2.03. The van der Waals surface area contributed by atoms with Gasteiger partial charge in [0.2, 0.25) is 0 Å². The monoisotopic (exact) mass is 178 g/mol. The van der Waals surface area contributed by atoms with Crippen LogP contribution in [0.2, 0.25) is 19.6 Å². The molecule has 0 amide bonds. The van der Waals surface area contributed by atoms with Gasteiger partial charge in [-0.25, -0.2) is 0 Å². The molecule has 0 aliphatic carbocycles. The number of hydrogen-bond acceptors (Lipinski definition) is 0. The maximum Gasteiger partial charge on any atom is 0.136 e. The third kappa shape index (κ3) is 3.69. The Morgan fingerprint density at radius 2 is 1.67 bits per heavy atom. The second-order valence-corrected chi connectivity index (χ2v) is 8.63. The normalized spacial score (nSPS) is 11.6. The van der Waals surface area contributed by atoms with E-state index in [2.05, 4.69) is 48.9 Å². The van der Waals surface area contributed by atoms with Crippen molar-refractivity contribution in [3.63, 3.8) is 0 Å². The predicted octanol–water partition coefficient (Wildman–Crippen LogP) is 2.63. The zero-order valence-electron chi connectivity index (χ0n) is 8.04. The average molecular weight is 178 g/mol. The van der Waals surface area contributed by atoms with E-state index in [1.54, 1.807) is 0 Å². The Hall–Kier alpha value is -0.603. The third-order valence-corrected chi connectivity index (χ3v) is 2.69. The molecule has 0 aliphatic rings. The van der Waals surface area contributed by atoms with E-state index < -0.39 is 8.24 Å². The van der Waals surface area contributed by atoms with Crippen molar-refractivity contribution < 1.29 is 0 Å². The van der Waals surface area contributed by atoms with Crippen LogP contribution in [0.15, 0.2) is 30.3 Å². The standard InChI is InChI=1S/C10H16NSi/c1-12(2,3)11-9-10-7-5-4-6-8-10/h4-8H,9H2,1-3H3. The quantitative estimate of drug-likeness (QED) is 0.632. The lowest BCUT2D eigenvalue weighted by Crippen LogP contribution is -2.34. The number of benzene rings is 1. The molecule has 0 aliphatic heterocycles. The van der Waals surface area contributed by atoms with Crippen LogP contribution in [0.5, 0.6) is 0 Å². The van der Waals surface area contributed by atoms with Gasteiger partial charge in [0, 0.05) is 6.54 Å². The molecule has 2 heteroatoms. The van der Waals surface area contributed by atoms with E-state index in [1.807, 2.05) is 6.07 Å². The molecule has 0 saturated heterocycles. The minimum absolute atomic E-state index is 0.885. The highest BCUT2D eigenvalue weighted by atomic mass is 28.3. The Morgan fingerprint density at radius 1 is 1.08 bits per heavy atom. The lowest BCUT2D eigenvalue weighted by molar-refractivity contribution is 0.899. The fourth-order valence-electron chi connectivity index (χ4n) is 0.912. The molecule has 65 valence electrons. The maximum absolute atomic E-state index is 4.67. The summed E-state index contributed by atoms with van der Waals surface area (Å²) < 4.78 is 0. The van der Waals surface area contributed by atoms with Crippen LogP contribution in [0.4, 0.5) is 0 Å². The van der Waals surface area contributed by atoms with Gasteiger partial charge in [-0.1, -0.05) is 50.0 Å². The molecule has 1 nitrogen and oxygen atoms in total. The summed E-state index contributed by atoms with van der Waals surface area (Å²) in [7, 11) is -1.22. The van der Waals surface area contributed by atoms with E-state index in [4.69, 9.17) is 0 Å². The molecule has 1 aromatic rings. The summed E-state index contributed by atoms with van der Waals surface area (Å²) in [5, 5.41) is 0. The van der Waals surface area contributed by atoms with Crippen LogP contribution in [-0.4, -0.2) is 8.24 Å². The van der Waals surface area contributed by atoms with Crippen molar-refractivity contribution in [3.8, 4) is 0 Å². The van der Waals surface area contributed by atoms with E-state index in [-0.39, 0.29) is 0 Å². The van der Waals surface area contributed by atoms with Gasteiger partial charge in [-0.2, -0.15) is 0 Å². The summed E-state index contributed by atoms with van der Waals surface area (Å²) in [6, 6.07) is 10.4. The fraction of sp³-hybridized carbons (Fsp3) is 0.400. The van der Waals surface area contributed by atoms with E-state index in [0.29, 0.717) is 0 Å². The van der Waals surface area contributed by atoms with Gasteiger partial charge in [0.15, 0.2) is 0 Å². The molecule has 0 aromatic heterocycles. The fourth-order valence-corrected chi connectivity index (χ4v) is 1.57. The van der Waals surface area contributed by atoms with Crippen LogP contribution in [0.3, 0.4) is 0 Å². The highest BCUT2D eigenvalue weighted by Gasteiger charge is 2.12. The summed E-state index contributed by atoms with van der Waals surface area (Å²) in [5.74, 6) is 0. The van der Waals surface area contributed by atoms with Gasteiger partial charge < -0.3 is 0 Å². The highest BCUT2D eigenvalue weighted by molar-refractivity contribution is 6.73. The van der Waals surface area contributed by atoms with Crippen LogP contribution in [-0.2, 0) is 6.54 Å². The molecule has 1 rings (SSSR count). The van der Waals surface area contributed by atoms with Crippen LogP contribution < -0.4 is 4.98 Å². The van der Waals surface area contributed by atoms with Gasteiger partial charge >= 0.3 is 0 Å². The number of nitrogens with zero attached hydrogens (tertiary/aromatic N) is 1. The Morgan fingerprint density at radius 3 is 2.17 bits per heavy atom. The van der Waals surface area contributed by atoms with Crippen molar-refractivity contribution in [1.29, 1.82) is 0 Å². The number of hydrogen-bond donors (Lipinski definition) is 0. The number of rotatable bonds is 3. The predicted molar refractivity (Wildman–Crippen MR) is 55.6 cm³/mol. The molecule has 0 saturated carbocycles. The molecule has 0 unspecified atom stereocenters. The molecule has 0 heterocycles. The van der Waals surface area contributed by atoms with Gasteiger partial charge in [0.1, 0.15) is 8.24 Å². The van der Waals surface area contributed by atoms with E-state index in [0.717, 1.165) is 6.54 Å². The van der Waals surface area contributed by atoms with Gasteiger partial charge in [-0.05, 0) is 5.56 Å². The summed E-state index contributed by atoms with van der Waals surface area (Å²) in [5.41, 5.74) is 1.32. The summed E-state index contributed by atoms with van der Waals surface area (Å²) in [6.45, 7) is 7.67. The minimum atomic E-state index is -1.22. The summed E-state index contributed by atoms with van der Waals surface area (Å²) in [6.07, 6.45) is 0. The molecule has 0 spiro atoms. The minimum Gasteiger partial charge on any atom is -0.266 e. The van der Waals surface area contributed by atoms with Crippen LogP contribution in [0, 0.1) is 0 Å². The topological polar surface area (TPSA) is 14.1 Å². The van der Waals surface area contributed by atoms with Crippen molar-refractivity contribution in [2.45, 2.75) is 26.2 Å². The average Bonchev–Trinajstić information content (AvgIpc) is 2.02. The van der Waals surface area contributed by atoms with E-state index in [1.165, 1.54) is 5.56 Å². The Kier molecular flexibility index (Phi) is 3.06. The molecule has 0 N–H and O–H groups in total. The Balaban J connectivity index is 2.44. The second kappa shape index (κ2) is 3.87. The van der Waals surface area contributed by atoms with Crippen molar-refractivity contribution in [3.05, 3.63) is 35.9 Å². The first-order chi connectivity index (χ1) is 5.58. The van der Waals surface area contributed by atoms with E-state index >= 15 is 0 Å². The van der Waals surface area contributed by atoms with Gasteiger partial charge in [0.25, 0.3) is 0 Å². The molecule has 0 fully saturated rings. The molecular weight excluding hydrogens is 162 g/mol. The van der Waals surface area contributed by atoms with Gasteiger partial charge in [-0.15, -0.1) is 0 Å². The molecule has 1 radical (unpaired) electrons. The molecular formula is C10H16NSi. The van der Waals surface area contributed by atoms with Crippen molar-refractivity contribution in [2.24, 2.45) is 0 Å². The maximum atomic E-state index is 4.67. The molecule has 0 bridgehead atoms. The second-order valence-electron chi connectivity index (χ2n) is 3.97. The van der Waals surface area contributed by atoms with Gasteiger partial charge in [0.05, 0.1) is 0 Å². The first-order valence-corrected chi connectivity index (χ1v) is 7.75. The van der Waals surface area contributed by atoms with Gasteiger partial charge in [-0.3, -0.25) is 4.98 Å². The molecule has 1 aromatic carbocycles. The zero-order valence-corrected chi connectivity index (χ0v) is 9.04. The zero-order chi connectivity index (χ0) is 9.03. The smallest absolute Gasteiger partial charge is 0.136 e. The third-order valence-electron chi connectivity index (χ3n) is 1.58. The first-order valence-electron chi connectivity index (χ1n) is 4.30. The largest absolute Gasteiger partial charge is 0.266 e. The lowest BCUT2D eigenvalue weighted by Gasteiger charge is -2.15. The van der Waals surface area contributed by atoms with Crippen molar-refractivity contribution in [2.75, 3.05) is 0 Å². The summed E-state index contributed by atoms with van der Waals surface area (Å²) >= 11 is 0. The Bertz CT molecular complexity index is 225. The molecule has 12 heavy (non-hydrogen) atoms. The van der Waals surface area contributed by atoms with Crippen molar-refractivity contribution >= 4 is 8.24 Å². The molecule has 0 atom stereocenters. The summed E-state index contributed by atoms with van der Waals surface area (Å²) in [4.78, 5) is 4.67. The van der Waals surface area contributed by atoms with Crippen molar-refractivity contribution in [1.82, 2.24) is 4.98 Å². The first kappa shape index (κ1) is 9.48. The van der Waals surface area contributed by atoms with Crippen LogP contribution in [0.25, 0.3) is 0 Å². The van der Waals surface area contributed by atoms with E-state index in [9.17, 15) is 0 Å². The lowest BCUT2D eigenvalue weighted by atomic mass is 10.2. The van der Waals surface area contributed by atoms with Crippen LogP contribution in [0.1, 0.15) is 5.56 Å². The van der Waals surface area contributed by atoms with Crippen LogP contribution >= 0.6 is 0 Å². The Labute approximate surface area is 75.9 Å². The SMILES string of the molecule is C[Si](C)(C)[N]Cc1ccccc1.